The van der Waals surface area contributed by atoms with Crippen LogP contribution in [0, 0.1) is 25.2 Å². The maximum absolute atomic E-state index is 13.0. The van der Waals surface area contributed by atoms with Crippen molar-refractivity contribution in [2.45, 2.75) is 52.2 Å². The third-order valence-electron chi connectivity index (χ3n) is 5.91. The van der Waals surface area contributed by atoms with Gasteiger partial charge in [0.25, 0.3) is 0 Å². The maximum Gasteiger partial charge on any atom is 0.245 e. The van der Waals surface area contributed by atoms with Crippen molar-refractivity contribution in [1.29, 1.82) is 0 Å². The van der Waals surface area contributed by atoms with Gasteiger partial charge in [-0.2, -0.15) is 0 Å². The number of ether oxygens (including phenoxy) is 1. The van der Waals surface area contributed by atoms with E-state index in [-0.39, 0.29) is 23.3 Å². The summed E-state index contributed by atoms with van der Waals surface area (Å²) in [6.45, 7) is 8.93. The minimum atomic E-state index is -0.867. The number of benzene rings is 1. The summed E-state index contributed by atoms with van der Waals surface area (Å²) in [5.41, 5.74) is 8.51. The van der Waals surface area contributed by atoms with Gasteiger partial charge in [0, 0.05) is 23.6 Å². The van der Waals surface area contributed by atoms with Crippen LogP contribution in [0.15, 0.2) is 18.2 Å². The van der Waals surface area contributed by atoms with E-state index in [0.717, 1.165) is 36.3 Å². The number of rotatable bonds is 2. The van der Waals surface area contributed by atoms with Gasteiger partial charge < -0.3 is 15.8 Å². The zero-order valence-corrected chi connectivity index (χ0v) is 13.9. The minimum absolute atomic E-state index is 0.0852. The van der Waals surface area contributed by atoms with Crippen LogP contribution >= 0.6 is 0 Å². The third-order valence-corrected chi connectivity index (χ3v) is 5.91. The minimum Gasteiger partial charge on any atom is -0.377 e. The number of fused-ring (bicyclic) bond motifs is 1. The molecule has 120 valence electrons. The van der Waals surface area contributed by atoms with Gasteiger partial charge in [-0.1, -0.05) is 26.0 Å². The molecule has 4 heteroatoms. The Labute approximate surface area is 132 Å². The molecular weight excluding hydrogens is 276 g/mol. The predicted molar refractivity (Wildman–Crippen MR) is 87.7 cm³/mol. The van der Waals surface area contributed by atoms with Crippen LogP contribution in [0.2, 0.25) is 0 Å². The molecule has 0 aromatic heterocycles. The van der Waals surface area contributed by atoms with E-state index < -0.39 is 5.54 Å². The van der Waals surface area contributed by atoms with Crippen molar-refractivity contribution in [1.82, 2.24) is 0 Å². The lowest BCUT2D eigenvalue weighted by Crippen LogP contribution is -2.81. The highest BCUT2D eigenvalue weighted by molar-refractivity contribution is 6.00. The first-order valence-electron chi connectivity index (χ1n) is 8.08. The van der Waals surface area contributed by atoms with Gasteiger partial charge in [-0.25, -0.2) is 0 Å². The molecule has 1 heterocycles. The quantitative estimate of drug-likeness (QED) is 0.883. The van der Waals surface area contributed by atoms with Crippen LogP contribution in [0.25, 0.3) is 0 Å². The molecular formula is C18H26N2O2. The van der Waals surface area contributed by atoms with E-state index in [2.05, 4.69) is 5.32 Å². The smallest absolute Gasteiger partial charge is 0.245 e. The van der Waals surface area contributed by atoms with Crippen LogP contribution in [-0.4, -0.2) is 24.2 Å². The van der Waals surface area contributed by atoms with E-state index in [0.29, 0.717) is 0 Å². The number of carbonyl (C=O) groups is 1. The SMILES string of the molecule is Cc1cccc(NC(=O)C2(N)C3CCCOC3C2(C)C)c1C. The number of aryl methyl sites for hydroxylation is 1. The standard InChI is InChI=1S/C18H26N2O2/c1-11-7-5-9-14(12(11)2)20-16(21)18(19)13-8-6-10-22-15(13)17(18,3)4/h5,7,9,13,15H,6,8,10,19H2,1-4H3,(H,20,21). The Hall–Kier alpha value is -1.39. The largest absolute Gasteiger partial charge is 0.377 e. The Morgan fingerprint density at radius 3 is 2.82 bits per heavy atom. The Bertz CT molecular complexity index is 611. The van der Waals surface area contributed by atoms with Crippen LogP contribution in [0.5, 0.6) is 0 Å². The molecule has 0 bridgehead atoms. The maximum atomic E-state index is 13.0. The molecule has 1 saturated heterocycles. The summed E-state index contributed by atoms with van der Waals surface area (Å²) >= 11 is 0. The number of hydrogen-bond donors (Lipinski definition) is 2. The molecule has 1 saturated carbocycles. The summed E-state index contributed by atoms with van der Waals surface area (Å²) in [5.74, 6) is 0.0271. The Kier molecular flexibility index (Phi) is 3.57. The van der Waals surface area contributed by atoms with Crippen LogP contribution in [0.4, 0.5) is 5.69 Å². The topological polar surface area (TPSA) is 64.4 Å². The number of amides is 1. The zero-order valence-electron chi connectivity index (χ0n) is 13.9. The van der Waals surface area contributed by atoms with Gasteiger partial charge in [0.15, 0.2) is 0 Å². The highest BCUT2D eigenvalue weighted by Gasteiger charge is 2.70. The molecule has 2 aliphatic rings. The normalized spacial score (nSPS) is 32.8. The molecule has 0 radical (unpaired) electrons. The second-order valence-electron chi connectivity index (χ2n) is 7.33. The van der Waals surface area contributed by atoms with Gasteiger partial charge in [0.05, 0.1) is 6.10 Å². The summed E-state index contributed by atoms with van der Waals surface area (Å²) in [6.07, 6.45) is 2.04. The summed E-state index contributed by atoms with van der Waals surface area (Å²) in [5, 5.41) is 3.06. The molecule has 22 heavy (non-hydrogen) atoms. The summed E-state index contributed by atoms with van der Waals surface area (Å²) in [6, 6.07) is 5.94. The van der Waals surface area contributed by atoms with Gasteiger partial charge in [-0.15, -0.1) is 0 Å². The van der Waals surface area contributed by atoms with Crippen molar-refractivity contribution in [2.75, 3.05) is 11.9 Å². The molecule has 3 atom stereocenters. The van der Waals surface area contributed by atoms with E-state index in [9.17, 15) is 4.79 Å². The van der Waals surface area contributed by atoms with Crippen LogP contribution < -0.4 is 11.1 Å². The van der Waals surface area contributed by atoms with E-state index in [1.807, 2.05) is 45.9 Å². The van der Waals surface area contributed by atoms with Gasteiger partial charge in [-0.3, -0.25) is 4.79 Å². The average molecular weight is 302 g/mol. The molecule has 2 fully saturated rings. The highest BCUT2D eigenvalue weighted by Crippen LogP contribution is 2.57. The van der Waals surface area contributed by atoms with E-state index in [1.54, 1.807) is 0 Å². The van der Waals surface area contributed by atoms with Crippen molar-refractivity contribution < 1.29 is 9.53 Å². The Balaban J connectivity index is 1.86. The number of nitrogens with one attached hydrogen (secondary N) is 1. The number of carbonyl (C=O) groups excluding carboxylic acids is 1. The average Bonchev–Trinajstić information content (AvgIpc) is 2.50. The summed E-state index contributed by atoms with van der Waals surface area (Å²) in [4.78, 5) is 13.0. The lowest BCUT2D eigenvalue weighted by atomic mass is 9.46. The van der Waals surface area contributed by atoms with Gasteiger partial charge in [-0.05, 0) is 43.9 Å². The molecule has 1 aliphatic carbocycles. The fraction of sp³-hybridized carbons (Fsp3) is 0.611. The predicted octanol–water partition coefficient (Wildman–Crippen LogP) is 2.77. The lowest BCUT2D eigenvalue weighted by Gasteiger charge is -2.65. The zero-order chi connectivity index (χ0) is 16.1. The lowest BCUT2D eigenvalue weighted by molar-refractivity contribution is -0.222. The van der Waals surface area contributed by atoms with Crippen molar-refractivity contribution >= 4 is 11.6 Å². The second kappa shape index (κ2) is 5.07. The van der Waals surface area contributed by atoms with Crippen molar-refractivity contribution in [3.05, 3.63) is 29.3 Å². The van der Waals surface area contributed by atoms with Gasteiger partial charge in [0.2, 0.25) is 5.91 Å². The monoisotopic (exact) mass is 302 g/mol. The molecule has 4 nitrogen and oxygen atoms in total. The van der Waals surface area contributed by atoms with E-state index in [4.69, 9.17) is 10.5 Å². The first kappa shape index (κ1) is 15.5. The number of nitrogens with two attached hydrogens (primary N) is 1. The number of anilines is 1. The Morgan fingerprint density at radius 2 is 2.09 bits per heavy atom. The summed E-state index contributed by atoms with van der Waals surface area (Å²) < 4.78 is 5.87. The third kappa shape index (κ3) is 1.94. The summed E-state index contributed by atoms with van der Waals surface area (Å²) in [7, 11) is 0. The van der Waals surface area contributed by atoms with Crippen LogP contribution in [0.1, 0.15) is 37.8 Å². The van der Waals surface area contributed by atoms with E-state index >= 15 is 0 Å². The highest BCUT2D eigenvalue weighted by atomic mass is 16.5. The van der Waals surface area contributed by atoms with Gasteiger partial charge >= 0.3 is 0 Å². The van der Waals surface area contributed by atoms with Crippen LogP contribution in [0.3, 0.4) is 0 Å². The van der Waals surface area contributed by atoms with E-state index in [1.165, 1.54) is 0 Å². The fourth-order valence-corrected chi connectivity index (χ4v) is 4.15. The first-order valence-corrected chi connectivity index (χ1v) is 8.08. The molecule has 3 N–H and O–H groups in total. The molecule has 1 aliphatic heterocycles. The van der Waals surface area contributed by atoms with Gasteiger partial charge in [0.1, 0.15) is 5.54 Å². The van der Waals surface area contributed by atoms with Crippen molar-refractivity contribution in [3.8, 4) is 0 Å². The van der Waals surface area contributed by atoms with Crippen molar-refractivity contribution in [2.24, 2.45) is 17.1 Å². The molecule has 3 unspecified atom stereocenters. The Morgan fingerprint density at radius 1 is 1.36 bits per heavy atom. The van der Waals surface area contributed by atoms with Crippen LogP contribution in [-0.2, 0) is 9.53 Å². The number of hydrogen-bond acceptors (Lipinski definition) is 3. The molecule has 1 aromatic carbocycles. The fourth-order valence-electron chi connectivity index (χ4n) is 4.15. The first-order chi connectivity index (χ1) is 10.3. The molecule has 1 aromatic rings. The molecule has 3 rings (SSSR count). The second-order valence-corrected chi connectivity index (χ2v) is 7.33. The van der Waals surface area contributed by atoms with Crippen molar-refractivity contribution in [3.63, 3.8) is 0 Å². The molecule has 1 amide bonds. The molecule has 0 spiro atoms.